The second-order valence-electron chi connectivity index (χ2n) is 6.40. The number of nitro groups is 1. The molecule has 0 spiro atoms. The molecule has 3 aromatic carbocycles. The van der Waals surface area contributed by atoms with Gasteiger partial charge in [0, 0.05) is 28.3 Å². The Balaban J connectivity index is 1.66. The van der Waals surface area contributed by atoms with Crippen LogP contribution in [0.2, 0.25) is 10.0 Å². The Hall–Kier alpha value is -3.26. The van der Waals surface area contributed by atoms with E-state index in [0.29, 0.717) is 20.7 Å². The number of nitro benzene ring substituents is 1. The number of anilines is 1. The number of aromatic nitrogens is 1. The zero-order valence-electron chi connectivity index (χ0n) is 15.8. The molecule has 1 N–H and O–H groups in total. The minimum atomic E-state index is -0.418. The van der Waals surface area contributed by atoms with Crippen molar-refractivity contribution in [2.45, 2.75) is 0 Å². The summed E-state index contributed by atoms with van der Waals surface area (Å²) >= 11 is 13.5. The summed E-state index contributed by atoms with van der Waals surface area (Å²) in [6.07, 6.45) is 1.59. The summed E-state index contributed by atoms with van der Waals surface area (Å²) < 4.78 is 0. The topological polar surface area (TPSA) is 80.4 Å². The molecule has 1 heterocycles. The zero-order valence-corrected chi connectivity index (χ0v) is 18.2. The monoisotopic (exact) mass is 468 g/mol. The standard InChI is InChI=1S/C22H14Cl2N4O2S/c23-17-9-6-16(19(24)12-17)13-25-27-22-26-20(14-4-2-1-3-5-14)21(31-22)15-7-10-18(11-8-15)28(29)30/h1-13H,(H,26,27)/b25-13-. The number of nitrogens with zero attached hydrogens (tertiary/aromatic N) is 3. The van der Waals surface area contributed by atoms with E-state index in [4.69, 9.17) is 23.2 Å². The van der Waals surface area contributed by atoms with Gasteiger partial charge in [-0.2, -0.15) is 5.10 Å². The van der Waals surface area contributed by atoms with Gasteiger partial charge in [-0.3, -0.25) is 15.5 Å². The molecule has 154 valence electrons. The van der Waals surface area contributed by atoms with Crippen molar-refractivity contribution >= 4 is 51.6 Å². The molecule has 0 amide bonds. The van der Waals surface area contributed by atoms with Crippen LogP contribution in [0.5, 0.6) is 0 Å². The second-order valence-corrected chi connectivity index (χ2v) is 8.25. The molecule has 1 aromatic heterocycles. The molecular formula is C22H14Cl2N4O2S. The molecule has 31 heavy (non-hydrogen) atoms. The van der Waals surface area contributed by atoms with Crippen molar-refractivity contribution in [1.82, 2.24) is 4.98 Å². The van der Waals surface area contributed by atoms with Crippen LogP contribution in [-0.2, 0) is 0 Å². The van der Waals surface area contributed by atoms with Gasteiger partial charge >= 0.3 is 0 Å². The second kappa shape index (κ2) is 9.26. The van der Waals surface area contributed by atoms with Crippen molar-refractivity contribution in [1.29, 1.82) is 0 Å². The van der Waals surface area contributed by atoms with Gasteiger partial charge in [-0.1, -0.05) is 70.9 Å². The maximum absolute atomic E-state index is 11.0. The highest BCUT2D eigenvalue weighted by molar-refractivity contribution is 7.19. The molecule has 0 bridgehead atoms. The van der Waals surface area contributed by atoms with Crippen molar-refractivity contribution in [3.63, 3.8) is 0 Å². The van der Waals surface area contributed by atoms with Gasteiger partial charge in [0.1, 0.15) is 0 Å². The minimum Gasteiger partial charge on any atom is -0.258 e. The predicted molar refractivity (Wildman–Crippen MR) is 127 cm³/mol. The van der Waals surface area contributed by atoms with Gasteiger partial charge in [-0.25, -0.2) is 4.98 Å². The fourth-order valence-corrected chi connectivity index (χ4v) is 4.25. The van der Waals surface area contributed by atoms with Gasteiger partial charge in [-0.15, -0.1) is 0 Å². The third-order valence-electron chi connectivity index (χ3n) is 4.34. The third kappa shape index (κ3) is 4.91. The van der Waals surface area contributed by atoms with E-state index in [1.807, 2.05) is 30.3 Å². The van der Waals surface area contributed by atoms with Crippen LogP contribution in [0.25, 0.3) is 21.7 Å². The van der Waals surface area contributed by atoms with Crippen LogP contribution >= 0.6 is 34.5 Å². The summed E-state index contributed by atoms with van der Waals surface area (Å²) in [6.45, 7) is 0. The lowest BCUT2D eigenvalue weighted by molar-refractivity contribution is -0.384. The Morgan fingerprint density at radius 1 is 1.00 bits per heavy atom. The molecular weight excluding hydrogens is 455 g/mol. The Labute approximate surface area is 192 Å². The van der Waals surface area contributed by atoms with Crippen molar-refractivity contribution in [3.05, 3.63) is 98.5 Å². The number of hydrogen-bond donors (Lipinski definition) is 1. The first-order valence-electron chi connectivity index (χ1n) is 9.06. The smallest absolute Gasteiger partial charge is 0.258 e. The van der Waals surface area contributed by atoms with E-state index in [0.717, 1.165) is 21.7 Å². The van der Waals surface area contributed by atoms with Crippen LogP contribution in [0.4, 0.5) is 10.8 Å². The van der Waals surface area contributed by atoms with Crippen LogP contribution < -0.4 is 5.43 Å². The van der Waals surface area contributed by atoms with E-state index >= 15 is 0 Å². The van der Waals surface area contributed by atoms with Crippen LogP contribution in [-0.4, -0.2) is 16.1 Å². The lowest BCUT2D eigenvalue weighted by atomic mass is 10.1. The van der Waals surface area contributed by atoms with Crippen molar-refractivity contribution in [2.24, 2.45) is 5.10 Å². The molecule has 0 saturated carbocycles. The van der Waals surface area contributed by atoms with Crippen molar-refractivity contribution in [3.8, 4) is 21.7 Å². The molecule has 0 fully saturated rings. The first-order chi connectivity index (χ1) is 15.0. The highest BCUT2D eigenvalue weighted by Crippen LogP contribution is 2.39. The third-order valence-corrected chi connectivity index (χ3v) is 5.91. The Morgan fingerprint density at radius 3 is 2.42 bits per heavy atom. The molecule has 0 aliphatic carbocycles. The molecule has 0 atom stereocenters. The van der Waals surface area contributed by atoms with E-state index in [9.17, 15) is 10.1 Å². The first kappa shape index (κ1) is 21.0. The van der Waals surface area contributed by atoms with E-state index in [2.05, 4.69) is 15.5 Å². The van der Waals surface area contributed by atoms with E-state index in [1.54, 1.807) is 36.5 Å². The van der Waals surface area contributed by atoms with E-state index in [1.165, 1.54) is 23.5 Å². The van der Waals surface area contributed by atoms with E-state index < -0.39 is 4.92 Å². The predicted octanol–water partition coefficient (Wildman–Crippen LogP) is 7.14. The lowest BCUT2D eigenvalue weighted by Crippen LogP contribution is -1.91. The summed E-state index contributed by atoms with van der Waals surface area (Å²) in [7, 11) is 0. The van der Waals surface area contributed by atoms with Gasteiger partial charge in [0.05, 0.1) is 26.7 Å². The van der Waals surface area contributed by atoms with Gasteiger partial charge in [0.2, 0.25) is 5.13 Å². The van der Waals surface area contributed by atoms with E-state index in [-0.39, 0.29) is 5.69 Å². The van der Waals surface area contributed by atoms with Gasteiger partial charge in [0.25, 0.3) is 5.69 Å². The Bertz CT molecular complexity index is 1260. The van der Waals surface area contributed by atoms with Crippen LogP contribution in [0.15, 0.2) is 77.9 Å². The summed E-state index contributed by atoms with van der Waals surface area (Å²) in [6, 6.07) is 21.3. The summed E-state index contributed by atoms with van der Waals surface area (Å²) in [4.78, 5) is 16.1. The Morgan fingerprint density at radius 2 is 1.74 bits per heavy atom. The average molecular weight is 469 g/mol. The summed E-state index contributed by atoms with van der Waals surface area (Å²) in [5.74, 6) is 0. The van der Waals surface area contributed by atoms with Crippen LogP contribution in [0.1, 0.15) is 5.56 Å². The summed E-state index contributed by atoms with van der Waals surface area (Å²) in [5, 5.41) is 16.8. The molecule has 0 unspecified atom stereocenters. The zero-order chi connectivity index (χ0) is 21.8. The molecule has 4 rings (SSSR count). The number of halogens is 2. The maximum Gasteiger partial charge on any atom is 0.269 e. The highest BCUT2D eigenvalue weighted by Gasteiger charge is 2.16. The lowest BCUT2D eigenvalue weighted by Gasteiger charge is -2.02. The van der Waals surface area contributed by atoms with Gasteiger partial charge in [-0.05, 0) is 29.8 Å². The molecule has 0 radical (unpaired) electrons. The molecule has 6 nitrogen and oxygen atoms in total. The van der Waals surface area contributed by atoms with Crippen LogP contribution in [0, 0.1) is 10.1 Å². The Kier molecular flexibility index (Phi) is 6.27. The van der Waals surface area contributed by atoms with Crippen molar-refractivity contribution < 1.29 is 4.92 Å². The number of benzene rings is 3. The van der Waals surface area contributed by atoms with Crippen molar-refractivity contribution in [2.75, 3.05) is 5.43 Å². The quantitative estimate of drug-likeness (QED) is 0.185. The number of hydrogen-bond acceptors (Lipinski definition) is 6. The minimum absolute atomic E-state index is 0.0392. The fourth-order valence-electron chi connectivity index (χ4n) is 2.85. The maximum atomic E-state index is 11.0. The first-order valence-corrected chi connectivity index (χ1v) is 10.6. The molecule has 9 heteroatoms. The largest absolute Gasteiger partial charge is 0.269 e. The number of thiazole rings is 1. The van der Waals surface area contributed by atoms with Gasteiger partial charge < -0.3 is 0 Å². The number of nitrogens with one attached hydrogen (secondary N) is 1. The molecule has 0 saturated heterocycles. The fraction of sp³-hybridized carbons (Fsp3) is 0. The normalized spacial score (nSPS) is 11.0. The number of non-ortho nitro benzene ring substituents is 1. The number of hydrazone groups is 1. The van der Waals surface area contributed by atoms with Gasteiger partial charge in [0.15, 0.2) is 0 Å². The number of rotatable bonds is 6. The summed E-state index contributed by atoms with van der Waals surface area (Å²) in [5.41, 5.74) is 6.23. The highest BCUT2D eigenvalue weighted by atomic mass is 35.5. The average Bonchev–Trinajstić information content (AvgIpc) is 3.20. The SMILES string of the molecule is O=[N+]([O-])c1ccc(-c2sc(N/N=C\c3ccc(Cl)cc3Cl)nc2-c2ccccc2)cc1. The molecule has 0 aliphatic heterocycles. The van der Waals surface area contributed by atoms with Crippen LogP contribution in [0.3, 0.4) is 0 Å². The molecule has 4 aromatic rings. The molecule has 0 aliphatic rings.